The van der Waals surface area contributed by atoms with Gasteiger partial charge in [-0.25, -0.2) is 0 Å². The number of hydrogen-bond acceptors (Lipinski definition) is 3. The Kier molecular flexibility index (Phi) is 5.39. The Labute approximate surface area is 126 Å². The second kappa shape index (κ2) is 7.27. The summed E-state index contributed by atoms with van der Waals surface area (Å²) in [5, 5.41) is 14.5. The molecule has 0 spiro atoms. The minimum atomic E-state index is -0.407. The van der Waals surface area contributed by atoms with E-state index in [9.17, 15) is 5.11 Å². The summed E-state index contributed by atoms with van der Waals surface area (Å²) in [6.07, 6.45) is 1.73. The summed E-state index contributed by atoms with van der Waals surface area (Å²) in [6.45, 7) is 4.64. The SMILES string of the molecule is CCc1cc(CC(O)CCOc2cccc(C)c2)n(C)n1. The van der Waals surface area contributed by atoms with Gasteiger partial charge in [0, 0.05) is 25.6 Å². The molecule has 4 heteroatoms. The first kappa shape index (κ1) is 15.6. The third kappa shape index (κ3) is 4.60. The van der Waals surface area contributed by atoms with Gasteiger partial charge in [0.1, 0.15) is 5.75 Å². The number of aliphatic hydroxyl groups excluding tert-OH is 1. The number of benzene rings is 1. The Morgan fingerprint density at radius 2 is 2.14 bits per heavy atom. The summed E-state index contributed by atoms with van der Waals surface area (Å²) < 4.78 is 7.52. The molecule has 1 N–H and O–H groups in total. The van der Waals surface area contributed by atoms with Crippen LogP contribution in [0.25, 0.3) is 0 Å². The zero-order valence-electron chi connectivity index (χ0n) is 13.0. The Balaban J connectivity index is 1.79. The first-order valence-corrected chi connectivity index (χ1v) is 7.47. The first-order chi connectivity index (χ1) is 10.1. The molecule has 1 unspecified atom stereocenters. The van der Waals surface area contributed by atoms with Gasteiger partial charge in [0.2, 0.25) is 0 Å². The van der Waals surface area contributed by atoms with E-state index >= 15 is 0 Å². The highest BCUT2D eigenvalue weighted by Crippen LogP contribution is 2.14. The average Bonchev–Trinajstić information content (AvgIpc) is 2.79. The molecular formula is C17H24N2O2. The minimum absolute atomic E-state index is 0.407. The summed E-state index contributed by atoms with van der Waals surface area (Å²) in [5.74, 6) is 0.857. The molecule has 0 aliphatic carbocycles. The van der Waals surface area contributed by atoms with Crippen molar-refractivity contribution in [3.63, 3.8) is 0 Å². The highest BCUT2D eigenvalue weighted by atomic mass is 16.5. The molecule has 0 amide bonds. The second-order valence-electron chi connectivity index (χ2n) is 5.42. The van der Waals surface area contributed by atoms with Gasteiger partial charge < -0.3 is 9.84 Å². The van der Waals surface area contributed by atoms with E-state index in [1.54, 1.807) is 0 Å². The lowest BCUT2D eigenvalue weighted by Crippen LogP contribution is -2.16. The van der Waals surface area contributed by atoms with Gasteiger partial charge in [0.15, 0.2) is 0 Å². The summed E-state index contributed by atoms with van der Waals surface area (Å²) in [7, 11) is 1.92. The molecule has 0 aliphatic rings. The van der Waals surface area contributed by atoms with Crippen molar-refractivity contribution in [2.24, 2.45) is 7.05 Å². The molecule has 0 saturated heterocycles. The van der Waals surface area contributed by atoms with E-state index < -0.39 is 6.10 Å². The smallest absolute Gasteiger partial charge is 0.119 e. The highest BCUT2D eigenvalue weighted by molar-refractivity contribution is 5.27. The van der Waals surface area contributed by atoms with Crippen LogP contribution < -0.4 is 4.74 Å². The van der Waals surface area contributed by atoms with E-state index in [0.717, 1.165) is 23.6 Å². The molecule has 0 saturated carbocycles. The molecule has 21 heavy (non-hydrogen) atoms. The van der Waals surface area contributed by atoms with Crippen LogP contribution in [0.2, 0.25) is 0 Å². The predicted molar refractivity (Wildman–Crippen MR) is 83.6 cm³/mol. The molecule has 2 rings (SSSR count). The monoisotopic (exact) mass is 288 g/mol. The fourth-order valence-electron chi connectivity index (χ4n) is 2.30. The fourth-order valence-corrected chi connectivity index (χ4v) is 2.30. The van der Waals surface area contributed by atoms with Crippen LogP contribution in [0.15, 0.2) is 30.3 Å². The molecule has 114 valence electrons. The van der Waals surface area contributed by atoms with Crippen LogP contribution in [0.1, 0.15) is 30.3 Å². The highest BCUT2D eigenvalue weighted by Gasteiger charge is 2.10. The largest absolute Gasteiger partial charge is 0.493 e. The summed E-state index contributed by atoms with van der Waals surface area (Å²) in [6, 6.07) is 10.0. The molecule has 1 atom stereocenters. The van der Waals surface area contributed by atoms with Crippen molar-refractivity contribution in [3.8, 4) is 5.75 Å². The predicted octanol–water partition coefficient (Wildman–Crippen LogP) is 2.66. The van der Waals surface area contributed by atoms with Crippen LogP contribution in [0.5, 0.6) is 5.75 Å². The third-order valence-corrected chi connectivity index (χ3v) is 3.54. The molecule has 1 aromatic carbocycles. The maximum atomic E-state index is 10.1. The zero-order chi connectivity index (χ0) is 15.2. The van der Waals surface area contributed by atoms with E-state index in [1.165, 1.54) is 5.56 Å². The molecule has 0 fully saturated rings. The zero-order valence-corrected chi connectivity index (χ0v) is 13.0. The molecule has 0 aliphatic heterocycles. The number of aryl methyl sites for hydroxylation is 3. The maximum Gasteiger partial charge on any atom is 0.119 e. The van der Waals surface area contributed by atoms with Gasteiger partial charge in [-0.1, -0.05) is 19.1 Å². The van der Waals surface area contributed by atoms with Gasteiger partial charge in [-0.15, -0.1) is 0 Å². The Bertz CT molecular complexity index is 578. The van der Waals surface area contributed by atoms with Gasteiger partial charge >= 0.3 is 0 Å². The maximum absolute atomic E-state index is 10.1. The topological polar surface area (TPSA) is 47.3 Å². The molecule has 0 radical (unpaired) electrons. The molecule has 2 aromatic rings. The number of ether oxygens (including phenoxy) is 1. The second-order valence-corrected chi connectivity index (χ2v) is 5.42. The van der Waals surface area contributed by atoms with Gasteiger partial charge in [0.05, 0.1) is 18.4 Å². The molecule has 4 nitrogen and oxygen atoms in total. The van der Waals surface area contributed by atoms with Crippen LogP contribution in [0, 0.1) is 6.92 Å². The lowest BCUT2D eigenvalue weighted by Gasteiger charge is -2.12. The van der Waals surface area contributed by atoms with E-state index in [0.29, 0.717) is 19.4 Å². The fraction of sp³-hybridized carbons (Fsp3) is 0.471. The van der Waals surface area contributed by atoms with E-state index in [1.807, 2.05) is 42.9 Å². The van der Waals surface area contributed by atoms with E-state index in [4.69, 9.17) is 4.74 Å². The van der Waals surface area contributed by atoms with Crippen LogP contribution in [0.3, 0.4) is 0 Å². The van der Waals surface area contributed by atoms with E-state index in [2.05, 4.69) is 18.1 Å². The van der Waals surface area contributed by atoms with Gasteiger partial charge in [0.25, 0.3) is 0 Å². The first-order valence-electron chi connectivity index (χ1n) is 7.47. The lowest BCUT2D eigenvalue weighted by atomic mass is 10.1. The van der Waals surface area contributed by atoms with Crippen molar-refractivity contribution in [2.75, 3.05) is 6.61 Å². The van der Waals surface area contributed by atoms with Crippen LogP contribution >= 0.6 is 0 Å². The molecule has 0 bridgehead atoms. The minimum Gasteiger partial charge on any atom is -0.493 e. The average molecular weight is 288 g/mol. The Hall–Kier alpha value is -1.81. The Morgan fingerprint density at radius 3 is 2.81 bits per heavy atom. The van der Waals surface area contributed by atoms with Gasteiger partial charge in [-0.05, 0) is 37.1 Å². The standard InChI is InChI=1S/C17H24N2O2/c1-4-14-11-15(19(3)18-14)12-16(20)8-9-21-17-7-5-6-13(2)10-17/h5-7,10-11,16,20H,4,8-9,12H2,1-3H3. The number of nitrogens with zero attached hydrogens (tertiary/aromatic N) is 2. The van der Waals surface area contributed by atoms with Crippen LogP contribution in [-0.4, -0.2) is 27.6 Å². The quantitative estimate of drug-likeness (QED) is 0.852. The van der Waals surface area contributed by atoms with Gasteiger partial charge in [-0.3, -0.25) is 4.68 Å². The third-order valence-electron chi connectivity index (χ3n) is 3.54. The van der Waals surface area contributed by atoms with Crippen molar-refractivity contribution >= 4 is 0 Å². The molecular weight excluding hydrogens is 264 g/mol. The molecule has 1 aromatic heterocycles. The summed E-state index contributed by atoms with van der Waals surface area (Å²) in [4.78, 5) is 0. The number of rotatable bonds is 7. The number of aliphatic hydroxyl groups is 1. The Morgan fingerprint density at radius 1 is 1.33 bits per heavy atom. The number of aromatic nitrogens is 2. The van der Waals surface area contributed by atoms with Crippen LogP contribution in [-0.2, 0) is 19.9 Å². The summed E-state index contributed by atoms with van der Waals surface area (Å²) >= 11 is 0. The van der Waals surface area contributed by atoms with E-state index in [-0.39, 0.29) is 0 Å². The normalized spacial score (nSPS) is 12.4. The van der Waals surface area contributed by atoms with Crippen molar-refractivity contribution in [2.45, 2.75) is 39.2 Å². The van der Waals surface area contributed by atoms with Crippen molar-refractivity contribution < 1.29 is 9.84 Å². The van der Waals surface area contributed by atoms with Gasteiger partial charge in [-0.2, -0.15) is 5.10 Å². The lowest BCUT2D eigenvalue weighted by molar-refractivity contribution is 0.137. The van der Waals surface area contributed by atoms with Crippen molar-refractivity contribution in [1.29, 1.82) is 0 Å². The molecule has 1 heterocycles. The van der Waals surface area contributed by atoms with Crippen molar-refractivity contribution in [1.82, 2.24) is 9.78 Å². The van der Waals surface area contributed by atoms with Crippen molar-refractivity contribution in [3.05, 3.63) is 47.3 Å². The summed E-state index contributed by atoms with van der Waals surface area (Å²) in [5.41, 5.74) is 3.31. The number of hydrogen-bond donors (Lipinski definition) is 1. The van der Waals surface area contributed by atoms with Crippen LogP contribution in [0.4, 0.5) is 0 Å².